The van der Waals surface area contributed by atoms with Crippen molar-refractivity contribution < 1.29 is 5.11 Å². The van der Waals surface area contributed by atoms with Crippen molar-refractivity contribution in [2.45, 2.75) is 64.4 Å². The van der Waals surface area contributed by atoms with Gasteiger partial charge in [-0.25, -0.2) is 0 Å². The van der Waals surface area contributed by atoms with Gasteiger partial charge in [0.2, 0.25) is 0 Å². The molecule has 1 fully saturated rings. The average molecular weight is 170 g/mol. The van der Waals surface area contributed by atoms with E-state index < -0.39 is 0 Å². The molecule has 1 heteroatoms. The average Bonchev–Trinajstić information content (AvgIpc) is 2.28. The molecule has 0 aromatic rings. The summed E-state index contributed by atoms with van der Waals surface area (Å²) in [5, 5.41) is 9.15. The van der Waals surface area contributed by atoms with Gasteiger partial charge in [-0.2, -0.15) is 0 Å². The minimum atomic E-state index is -0.0896. The lowest BCUT2D eigenvalue weighted by molar-refractivity contribution is 0.171. The smallest absolute Gasteiger partial charge is 0.0512 e. The molecule has 72 valence electrons. The first-order chi connectivity index (χ1) is 5.79. The molecule has 0 saturated heterocycles. The van der Waals surface area contributed by atoms with E-state index in [2.05, 4.69) is 0 Å². The van der Waals surface area contributed by atoms with Crippen molar-refractivity contribution in [1.29, 1.82) is 0 Å². The molecule has 1 aliphatic carbocycles. The Bertz CT molecular complexity index is 102. The molecule has 0 aromatic heterocycles. The molecule has 0 spiro atoms. The summed E-state index contributed by atoms with van der Waals surface area (Å²) in [6.07, 6.45) is 10.7. The van der Waals surface area contributed by atoms with E-state index in [-0.39, 0.29) is 6.10 Å². The van der Waals surface area contributed by atoms with Gasteiger partial charge < -0.3 is 5.11 Å². The molecule has 1 atom stereocenters. The summed E-state index contributed by atoms with van der Waals surface area (Å²) in [4.78, 5) is 0. The van der Waals surface area contributed by atoms with E-state index in [4.69, 9.17) is 5.11 Å². The number of aliphatic hydroxyl groups excluding tert-OH is 1. The van der Waals surface area contributed by atoms with Crippen LogP contribution in [0.4, 0.5) is 0 Å². The van der Waals surface area contributed by atoms with E-state index in [1.807, 2.05) is 6.92 Å². The lowest BCUT2D eigenvalue weighted by Crippen LogP contribution is -2.05. The number of hydrogen-bond acceptors (Lipinski definition) is 1. The zero-order valence-electron chi connectivity index (χ0n) is 8.26. The van der Waals surface area contributed by atoms with Gasteiger partial charge in [0.05, 0.1) is 6.10 Å². The molecule has 1 rings (SSSR count). The maximum Gasteiger partial charge on any atom is 0.0512 e. The second-order valence-corrected chi connectivity index (χ2v) is 4.28. The van der Waals surface area contributed by atoms with Crippen LogP contribution in [0, 0.1) is 5.92 Å². The Labute approximate surface area is 76.2 Å². The van der Waals surface area contributed by atoms with Crippen LogP contribution in [0.3, 0.4) is 0 Å². The van der Waals surface area contributed by atoms with Crippen molar-refractivity contribution in [3.8, 4) is 0 Å². The highest BCUT2D eigenvalue weighted by molar-refractivity contribution is 4.65. The Morgan fingerprint density at radius 1 is 1.17 bits per heavy atom. The predicted octanol–water partition coefficient (Wildman–Crippen LogP) is 3.12. The highest BCUT2D eigenvalue weighted by atomic mass is 16.3. The minimum Gasteiger partial charge on any atom is -0.393 e. The minimum absolute atomic E-state index is 0.0896. The second kappa shape index (κ2) is 5.58. The fraction of sp³-hybridized carbons (Fsp3) is 1.00. The van der Waals surface area contributed by atoms with Crippen LogP contribution < -0.4 is 0 Å². The van der Waals surface area contributed by atoms with Gasteiger partial charge in [0.25, 0.3) is 0 Å². The van der Waals surface area contributed by atoms with Gasteiger partial charge in [-0.05, 0) is 25.7 Å². The molecule has 1 unspecified atom stereocenters. The first-order valence-electron chi connectivity index (χ1n) is 5.47. The lowest BCUT2D eigenvalue weighted by Gasteiger charge is -2.14. The van der Waals surface area contributed by atoms with E-state index in [0.29, 0.717) is 0 Å². The summed E-state index contributed by atoms with van der Waals surface area (Å²) in [6, 6.07) is 0. The van der Waals surface area contributed by atoms with Crippen LogP contribution >= 0.6 is 0 Å². The maximum atomic E-state index is 9.15. The van der Waals surface area contributed by atoms with Gasteiger partial charge in [-0.3, -0.25) is 0 Å². The number of rotatable bonds is 3. The molecule has 1 N–H and O–H groups in total. The summed E-state index contributed by atoms with van der Waals surface area (Å²) in [6.45, 7) is 1.90. The van der Waals surface area contributed by atoms with Crippen LogP contribution in [0.25, 0.3) is 0 Å². The topological polar surface area (TPSA) is 20.2 Å². The summed E-state index contributed by atoms with van der Waals surface area (Å²) >= 11 is 0. The Morgan fingerprint density at radius 2 is 1.75 bits per heavy atom. The van der Waals surface area contributed by atoms with Crippen LogP contribution in [-0.4, -0.2) is 11.2 Å². The van der Waals surface area contributed by atoms with Gasteiger partial charge in [0.1, 0.15) is 0 Å². The lowest BCUT2D eigenvalue weighted by atomic mass is 9.94. The summed E-state index contributed by atoms with van der Waals surface area (Å²) in [5.41, 5.74) is 0. The first kappa shape index (κ1) is 10.0. The summed E-state index contributed by atoms with van der Waals surface area (Å²) < 4.78 is 0. The third kappa shape index (κ3) is 4.10. The van der Waals surface area contributed by atoms with Crippen LogP contribution in [0.15, 0.2) is 0 Å². The highest BCUT2D eigenvalue weighted by Crippen LogP contribution is 2.26. The monoisotopic (exact) mass is 170 g/mol. The molecule has 1 aliphatic rings. The van der Waals surface area contributed by atoms with Gasteiger partial charge in [-0.1, -0.05) is 38.5 Å². The van der Waals surface area contributed by atoms with Crippen molar-refractivity contribution in [2.24, 2.45) is 5.92 Å². The molecule has 1 nitrogen and oxygen atoms in total. The molecule has 0 aliphatic heterocycles. The van der Waals surface area contributed by atoms with Crippen molar-refractivity contribution in [3.63, 3.8) is 0 Å². The van der Waals surface area contributed by atoms with E-state index in [1.54, 1.807) is 0 Å². The molecule has 0 heterocycles. The molecule has 0 bridgehead atoms. The molecule has 12 heavy (non-hydrogen) atoms. The summed E-state index contributed by atoms with van der Waals surface area (Å²) in [7, 11) is 0. The zero-order valence-corrected chi connectivity index (χ0v) is 8.26. The Morgan fingerprint density at radius 3 is 2.25 bits per heavy atom. The SMILES string of the molecule is CC(O)CCC1CCCCCC1. The fourth-order valence-corrected chi connectivity index (χ4v) is 2.13. The third-order valence-electron chi connectivity index (χ3n) is 2.97. The number of hydrogen-bond donors (Lipinski definition) is 1. The van der Waals surface area contributed by atoms with Crippen LogP contribution in [-0.2, 0) is 0 Å². The van der Waals surface area contributed by atoms with Gasteiger partial charge in [0.15, 0.2) is 0 Å². The van der Waals surface area contributed by atoms with E-state index in [1.165, 1.54) is 44.9 Å². The van der Waals surface area contributed by atoms with Crippen LogP contribution in [0.1, 0.15) is 58.3 Å². The molecular formula is C11H22O. The molecular weight excluding hydrogens is 148 g/mol. The quantitative estimate of drug-likeness (QED) is 0.645. The Balaban J connectivity index is 2.12. The molecule has 0 aromatic carbocycles. The van der Waals surface area contributed by atoms with E-state index in [9.17, 15) is 0 Å². The zero-order chi connectivity index (χ0) is 8.81. The van der Waals surface area contributed by atoms with E-state index >= 15 is 0 Å². The van der Waals surface area contributed by atoms with Crippen molar-refractivity contribution in [2.75, 3.05) is 0 Å². The van der Waals surface area contributed by atoms with Crippen molar-refractivity contribution >= 4 is 0 Å². The van der Waals surface area contributed by atoms with Gasteiger partial charge in [0, 0.05) is 0 Å². The van der Waals surface area contributed by atoms with Crippen molar-refractivity contribution in [3.05, 3.63) is 0 Å². The Hall–Kier alpha value is -0.0400. The standard InChI is InChI=1S/C11H22O/c1-10(12)8-9-11-6-4-2-3-5-7-11/h10-12H,2-9H2,1H3. The predicted molar refractivity (Wildman–Crippen MR) is 52.1 cm³/mol. The molecule has 1 saturated carbocycles. The van der Waals surface area contributed by atoms with Crippen LogP contribution in [0.5, 0.6) is 0 Å². The third-order valence-corrected chi connectivity index (χ3v) is 2.97. The first-order valence-corrected chi connectivity index (χ1v) is 5.47. The normalized spacial score (nSPS) is 23.5. The van der Waals surface area contributed by atoms with E-state index in [0.717, 1.165) is 12.3 Å². The van der Waals surface area contributed by atoms with Crippen molar-refractivity contribution in [1.82, 2.24) is 0 Å². The van der Waals surface area contributed by atoms with Gasteiger partial charge >= 0.3 is 0 Å². The summed E-state index contributed by atoms with van der Waals surface area (Å²) in [5.74, 6) is 0.919. The maximum absolute atomic E-state index is 9.15. The highest BCUT2D eigenvalue weighted by Gasteiger charge is 2.12. The largest absolute Gasteiger partial charge is 0.393 e. The second-order valence-electron chi connectivity index (χ2n) is 4.28. The fourth-order valence-electron chi connectivity index (χ4n) is 2.13. The Kier molecular flexibility index (Phi) is 4.67. The van der Waals surface area contributed by atoms with Gasteiger partial charge in [-0.15, -0.1) is 0 Å². The molecule has 0 amide bonds. The number of aliphatic hydroxyl groups is 1. The van der Waals surface area contributed by atoms with Crippen LogP contribution in [0.2, 0.25) is 0 Å². The molecule has 0 radical (unpaired) electrons.